The topological polar surface area (TPSA) is 20.3 Å². The van der Waals surface area contributed by atoms with Crippen LogP contribution in [0.2, 0.25) is 0 Å². The van der Waals surface area contributed by atoms with Gasteiger partial charge in [0.2, 0.25) is 6.41 Å². The Morgan fingerprint density at radius 2 is 2.15 bits per heavy atom. The monoisotopic (exact) mass is 175 g/mol. The summed E-state index contributed by atoms with van der Waals surface area (Å²) in [6.45, 7) is 3.68. The second-order valence-corrected chi connectivity index (χ2v) is 2.84. The molecule has 0 aliphatic carbocycles. The van der Waals surface area contributed by atoms with Gasteiger partial charge in [0.15, 0.2) is 0 Å². The number of allylic oxidation sites excluding steroid dienone is 1. The normalized spacial score (nSPS) is 9.31. The number of amides is 1. The van der Waals surface area contributed by atoms with Gasteiger partial charge in [0.25, 0.3) is 0 Å². The van der Waals surface area contributed by atoms with Gasteiger partial charge in [-0.2, -0.15) is 0 Å². The second-order valence-electron chi connectivity index (χ2n) is 2.84. The number of benzene rings is 1. The lowest BCUT2D eigenvalue weighted by atomic mass is 10.1. The summed E-state index contributed by atoms with van der Waals surface area (Å²) in [5.74, 6) is 0. The molecule has 1 rings (SSSR count). The summed E-state index contributed by atoms with van der Waals surface area (Å²) in [6, 6.07) is 7.80. The molecule has 0 aliphatic rings. The zero-order chi connectivity index (χ0) is 9.68. The summed E-state index contributed by atoms with van der Waals surface area (Å²) in [7, 11) is 1.74. The van der Waals surface area contributed by atoms with Gasteiger partial charge >= 0.3 is 0 Å². The average Bonchev–Trinajstić information content (AvgIpc) is 2.18. The molecule has 0 saturated heterocycles. The van der Waals surface area contributed by atoms with E-state index in [1.165, 1.54) is 0 Å². The van der Waals surface area contributed by atoms with E-state index in [4.69, 9.17) is 0 Å². The van der Waals surface area contributed by atoms with Crippen LogP contribution in [0.1, 0.15) is 5.56 Å². The standard InChI is InChI=1S/C11H13NO/c1-3-6-10-7-4-5-8-11(10)12(2)9-13/h3-5,7-9H,1,6H2,2H3. The summed E-state index contributed by atoms with van der Waals surface area (Å²) >= 11 is 0. The van der Waals surface area contributed by atoms with Crippen LogP contribution in [-0.4, -0.2) is 13.5 Å². The molecule has 1 aromatic carbocycles. The molecule has 0 saturated carbocycles. The summed E-state index contributed by atoms with van der Waals surface area (Å²) in [5, 5.41) is 0. The van der Waals surface area contributed by atoms with Crippen molar-refractivity contribution in [2.45, 2.75) is 6.42 Å². The van der Waals surface area contributed by atoms with Crippen molar-refractivity contribution in [1.29, 1.82) is 0 Å². The van der Waals surface area contributed by atoms with Crippen LogP contribution in [0.25, 0.3) is 0 Å². The Bertz CT molecular complexity index is 307. The highest BCUT2D eigenvalue weighted by molar-refractivity contribution is 5.76. The van der Waals surface area contributed by atoms with Crippen LogP contribution < -0.4 is 4.90 Å². The molecule has 0 N–H and O–H groups in total. The molecule has 0 radical (unpaired) electrons. The maximum Gasteiger partial charge on any atom is 0.213 e. The summed E-state index contributed by atoms with van der Waals surface area (Å²) in [4.78, 5) is 12.1. The first-order valence-electron chi connectivity index (χ1n) is 4.16. The van der Waals surface area contributed by atoms with Gasteiger partial charge in [0.05, 0.1) is 0 Å². The zero-order valence-corrected chi connectivity index (χ0v) is 7.73. The molecule has 0 fully saturated rings. The van der Waals surface area contributed by atoms with Gasteiger partial charge < -0.3 is 4.90 Å². The Morgan fingerprint density at radius 3 is 2.77 bits per heavy atom. The van der Waals surface area contributed by atoms with E-state index in [1.807, 2.05) is 30.3 Å². The van der Waals surface area contributed by atoms with Crippen molar-refractivity contribution in [2.24, 2.45) is 0 Å². The Labute approximate surface area is 78.5 Å². The van der Waals surface area contributed by atoms with E-state index in [9.17, 15) is 4.79 Å². The predicted molar refractivity (Wildman–Crippen MR) is 54.8 cm³/mol. The van der Waals surface area contributed by atoms with E-state index >= 15 is 0 Å². The van der Waals surface area contributed by atoms with Gasteiger partial charge in [0.1, 0.15) is 0 Å². The molecule has 1 aromatic rings. The molecule has 0 atom stereocenters. The minimum absolute atomic E-state index is 0.786. The molecule has 0 bridgehead atoms. The number of rotatable bonds is 4. The average molecular weight is 175 g/mol. The smallest absolute Gasteiger partial charge is 0.213 e. The number of hydrogen-bond acceptors (Lipinski definition) is 1. The minimum Gasteiger partial charge on any atom is -0.318 e. The van der Waals surface area contributed by atoms with Gasteiger partial charge in [-0.05, 0) is 18.1 Å². The van der Waals surface area contributed by atoms with Crippen LogP contribution in [0.5, 0.6) is 0 Å². The molecule has 0 aliphatic heterocycles. The third kappa shape index (κ3) is 2.18. The number of carbonyl (C=O) groups is 1. The zero-order valence-electron chi connectivity index (χ0n) is 7.73. The predicted octanol–water partition coefficient (Wildman–Crippen LogP) is 2.01. The van der Waals surface area contributed by atoms with Gasteiger partial charge in [-0.15, -0.1) is 6.58 Å². The summed E-state index contributed by atoms with van der Waals surface area (Å²) in [5.41, 5.74) is 2.06. The molecule has 0 heterocycles. The fourth-order valence-electron chi connectivity index (χ4n) is 1.24. The van der Waals surface area contributed by atoms with E-state index < -0.39 is 0 Å². The number of anilines is 1. The number of hydrogen-bond donors (Lipinski definition) is 0. The Kier molecular flexibility index (Phi) is 3.26. The van der Waals surface area contributed by atoms with Crippen LogP contribution in [-0.2, 0) is 11.2 Å². The summed E-state index contributed by atoms with van der Waals surface area (Å²) in [6.07, 6.45) is 3.42. The van der Waals surface area contributed by atoms with Gasteiger partial charge in [-0.1, -0.05) is 24.3 Å². The Morgan fingerprint density at radius 1 is 1.46 bits per heavy atom. The quantitative estimate of drug-likeness (QED) is 0.506. The third-order valence-electron chi connectivity index (χ3n) is 1.89. The molecule has 2 heteroatoms. The maximum absolute atomic E-state index is 10.6. The van der Waals surface area contributed by atoms with Crippen molar-refractivity contribution in [2.75, 3.05) is 11.9 Å². The molecule has 0 aromatic heterocycles. The molecule has 13 heavy (non-hydrogen) atoms. The van der Waals surface area contributed by atoms with Gasteiger partial charge in [0, 0.05) is 12.7 Å². The van der Waals surface area contributed by atoms with E-state index in [0.29, 0.717) is 0 Å². The highest BCUT2D eigenvalue weighted by atomic mass is 16.1. The highest BCUT2D eigenvalue weighted by Crippen LogP contribution is 2.18. The first-order valence-corrected chi connectivity index (χ1v) is 4.16. The van der Waals surface area contributed by atoms with Crippen LogP contribution >= 0.6 is 0 Å². The first-order chi connectivity index (χ1) is 6.29. The molecule has 68 valence electrons. The molecule has 0 unspecified atom stereocenters. The maximum atomic E-state index is 10.6. The van der Waals surface area contributed by atoms with Gasteiger partial charge in [-0.25, -0.2) is 0 Å². The second kappa shape index (κ2) is 4.45. The molecule has 2 nitrogen and oxygen atoms in total. The fourth-order valence-corrected chi connectivity index (χ4v) is 1.24. The van der Waals surface area contributed by atoms with Crippen LogP contribution in [0.4, 0.5) is 5.69 Å². The number of carbonyl (C=O) groups excluding carboxylic acids is 1. The fraction of sp³-hybridized carbons (Fsp3) is 0.182. The highest BCUT2D eigenvalue weighted by Gasteiger charge is 2.03. The molecular formula is C11H13NO. The lowest BCUT2D eigenvalue weighted by Gasteiger charge is -2.14. The third-order valence-corrected chi connectivity index (χ3v) is 1.89. The number of para-hydroxylation sites is 1. The van der Waals surface area contributed by atoms with Crippen LogP contribution in [0.3, 0.4) is 0 Å². The summed E-state index contributed by atoms with van der Waals surface area (Å²) < 4.78 is 0. The van der Waals surface area contributed by atoms with Crippen molar-refractivity contribution in [3.63, 3.8) is 0 Å². The largest absolute Gasteiger partial charge is 0.318 e. The lowest BCUT2D eigenvalue weighted by molar-refractivity contribution is -0.107. The van der Waals surface area contributed by atoms with Crippen molar-refractivity contribution >= 4 is 12.1 Å². The Balaban J connectivity index is 3.02. The number of nitrogens with zero attached hydrogens (tertiary/aromatic N) is 1. The molecule has 1 amide bonds. The van der Waals surface area contributed by atoms with Crippen LogP contribution in [0.15, 0.2) is 36.9 Å². The lowest BCUT2D eigenvalue weighted by Crippen LogP contribution is -2.15. The van der Waals surface area contributed by atoms with Crippen molar-refractivity contribution in [3.8, 4) is 0 Å². The van der Waals surface area contributed by atoms with E-state index in [2.05, 4.69) is 6.58 Å². The Hall–Kier alpha value is -1.57. The molecular weight excluding hydrogens is 162 g/mol. The van der Waals surface area contributed by atoms with E-state index in [1.54, 1.807) is 11.9 Å². The van der Waals surface area contributed by atoms with E-state index in [0.717, 1.165) is 24.1 Å². The first kappa shape index (κ1) is 9.52. The van der Waals surface area contributed by atoms with Crippen molar-refractivity contribution in [1.82, 2.24) is 0 Å². The SMILES string of the molecule is C=CCc1ccccc1N(C)C=O. The minimum atomic E-state index is 0.786. The van der Waals surface area contributed by atoms with Crippen molar-refractivity contribution in [3.05, 3.63) is 42.5 Å². The van der Waals surface area contributed by atoms with Gasteiger partial charge in [-0.3, -0.25) is 4.79 Å². The van der Waals surface area contributed by atoms with E-state index in [-0.39, 0.29) is 0 Å². The molecule has 0 spiro atoms. The van der Waals surface area contributed by atoms with Crippen molar-refractivity contribution < 1.29 is 4.79 Å². The van der Waals surface area contributed by atoms with Crippen LogP contribution in [0, 0.1) is 0 Å².